The first-order valence-corrected chi connectivity index (χ1v) is 6.41. The van der Waals surface area contributed by atoms with Gasteiger partial charge in [-0.2, -0.15) is 0 Å². The van der Waals surface area contributed by atoms with Gasteiger partial charge in [-0.25, -0.2) is 4.98 Å². The van der Waals surface area contributed by atoms with E-state index < -0.39 is 0 Å². The summed E-state index contributed by atoms with van der Waals surface area (Å²) in [6, 6.07) is 0. The second-order valence-electron chi connectivity index (χ2n) is 3.92. The molecule has 0 spiro atoms. The summed E-state index contributed by atoms with van der Waals surface area (Å²) in [6.07, 6.45) is 0.997. The molecule has 5 heteroatoms. The molecule has 1 rings (SSSR count). The number of carbonyl (C=O) groups excluding carboxylic acids is 1. The van der Waals surface area contributed by atoms with E-state index in [0.717, 1.165) is 26.1 Å². The summed E-state index contributed by atoms with van der Waals surface area (Å²) in [4.78, 5) is 20.0. The molecular formula is C11H19N3OS. The van der Waals surface area contributed by atoms with Crippen LogP contribution in [0.1, 0.15) is 23.8 Å². The second-order valence-corrected chi connectivity index (χ2v) is 4.63. The summed E-state index contributed by atoms with van der Waals surface area (Å²) in [7, 11) is 4.08. The fourth-order valence-corrected chi connectivity index (χ4v) is 1.99. The van der Waals surface area contributed by atoms with Crippen LogP contribution in [0.4, 0.5) is 0 Å². The molecule has 0 aliphatic rings. The average molecular weight is 241 g/mol. The molecule has 0 fully saturated rings. The van der Waals surface area contributed by atoms with Gasteiger partial charge in [-0.3, -0.25) is 4.79 Å². The van der Waals surface area contributed by atoms with Crippen LogP contribution < -0.4 is 0 Å². The van der Waals surface area contributed by atoms with E-state index in [-0.39, 0.29) is 5.91 Å². The second kappa shape index (κ2) is 6.60. The first kappa shape index (κ1) is 13.1. The third-order valence-electron chi connectivity index (χ3n) is 2.35. The first-order valence-electron chi connectivity index (χ1n) is 5.47. The van der Waals surface area contributed by atoms with Crippen LogP contribution in [-0.2, 0) is 0 Å². The summed E-state index contributed by atoms with van der Waals surface area (Å²) in [5.74, 6) is 0.0440. The van der Waals surface area contributed by atoms with Crippen LogP contribution in [0.25, 0.3) is 0 Å². The zero-order chi connectivity index (χ0) is 12.0. The molecule has 0 saturated carbocycles. The van der Waals surface area contributed by atoms with Gasteiger partial charge in [0.05, 0.1) is 5.51 Å². The zero-order valence-electron chi connectivity index (χ0n) is 10.1. The number of rotatable bonds is 6. The number of aromatic nitrogens is 1. The lowest BCUT2D eigenvalue weighted by Crippen LogP contribution is -2.33. The van der Waals surface area contributed by atoms with E-state index >= 15 is 0 Å². The van der Waals surface area contributed by atoms with Crippen molar-refractivity contribution in [2.24, 2.45) is 0 Å². The normalized spacial score (nSPS) is 10.8. The van der Waals surface area contributed by atoms with E-state index in [0.29, 0.717) is 5.69 Å². The molecule has 16 heavy (non-hydrogen) atoms. The van der Waals surface area contributed by atoms with Crippen molar-refractivity contribution in [3.8, 4) is 0 Å². The average Bonchev–Trinajstić information content (AvgIpc) is 2.76. The van der Waals surface area contributed by atoms with Crippen molar-refractivity contribution in [3.05, 3.63) is 16.6 Å². The SMILES string of the molecule is CCN(CCCN(C)C)C(=O)c1cscn1. The maximum Gasteiger partial charge on any atom is 0.273 e. The van der Waals surface area contributed by atoms with Crippen molar-refractivity contribution in [1.82, 2.24) is 14.8 Å². The van der Waals surface area contributed by atoms with Crippen molar-refractivity contribution >= 4 is 17.2 Å². The Morgan fingerprint density at radius 1 is 1.44 bits per heavy atom. The minimum absolute atomic E-state index is 0.0440. The molecule has 0 aliphatic carbocycles. The Morgan fingerprint density at radius 3 is 2.69 bits per heavy atom. The van der Waals surface area contributed by atoms with E-state index in [1.54, 1.807) is 10.9 Å². The van der Waals surface area contributed by atoms with Crippen LogP contribution in [0.15, 0.2) is 10.9 Å². The summed E-state index contributed by atoms with van der Waals surface area (Å²) < 4.78 is 0. The van der Waals surface area contributed by atoms with Crippen molar-refractivity contribution in [3.63, 3.8) is 0 Å². The molecule has 4 nitrogen and oxygen atoms in total. The standard InChI is InChI=1S/C11H19N3OS/c1-4-14(7-5-6-13(2)3)11(15)10-8-16-9-12-10/h8-9H,4-7H2,1-3H3. The number of hydrogen-bond donors (Lipinski definition) is 0. The van der Waals surface area contributed by atoms with Crippen LogP contribution in [0, 0.1) is 0 Å². The van der Waals surface area contributed by atoms with Gasteiger partial charge in [0.1, 0.15) is 5.69 Å². The molecule has 0 aromatic carbocycles. The van der Waals surface area contributed by atoms with Gasteiger partial charge in [0.15, 0.2) is 0 Å². The lowest BCUT2D eigenvalue weighted by atomic mass is 10.3. The minimum Gasteiger partial charge on any atom is -0.338 e. The quantitative estimate of drug-likeness (QED) is 0.758. The van der Waals surface area contributed by atoms with Gasteiger partial charge in [0, 0.05) is 18.5 Å². The Labute approximate surface area is 101 Å². The Bertz CT molecular complexity index is 311. The molecule has 0 bridgehead atoms. The summed E-state index contributed by atoms with van der Waals surface area (Å²) in [5.41, 5.74) is 2.26. The van der Waals surface area contributed by atoms with E-state index in [1.807, 2.05) is 25.9 Å². The highest BCUT2D eigenvalue weighted by Crippen LogP contribution is 2.06. The largest absolute Gasteiger partial charge is 0.338 e. The highest BCUT2D eigenvalue weighted by molar-refractivity contribution is 7.07. The molecule has 0 aliphatic heterocycles. The van der Waals surface area contributed by atoms with Crippen LogP contribution in [-0.4, -0.2) is 54.4 Å². The van der Waals surface area contributed by atoms with Gasteiger partial charge in [-0.05, 0) is 34.0 Å². The lowest BCUT2D eigenvalue weighted by Gasteiger charge is -2.20. The molecule has 1 aromatic rings. The number of nitrogens with zero attached hydrogens (tertiary/aromatic N) is 3. The number of hydrogen-bond acceptors (Lipinski definition) is 4. The first-order chi connectivity index (χ1) is 7.65. The molecule has 0 unspecified atom stereocenters. The van der Waals surface area contributed by atoms with E-state index in [1.165, 1.54) is 11.3 Å². The maximum absolute atomic E-state index is 12.0. The van der Waals surface area contributed by atoms with Gasteiger partial charge in [0.2, 0.25) is 0 Å². The predicted octanol–water partition coefficient (Wildman–Crippen LogP) is 1.56. The minimum atomic E-state index is 0.0440. The molecule has 90 valence electrons. The molecule has 0 saturated heterocycles. The van der Waals surface area contributed by atoms with Crippen LogP contribution >= 0.6 is 11.3 Å². The van der Waals surface area contributed by atoms with Gasteiger partial charge < -0.3 is 9.80 Å². The topological polar surface area (TPSA) is 36.4 Å². The van der Waals surface area contributed by atoms with Gasteiger partial charge in [-0.15, -0.1) is 11.3 Å². The molecule has 0 atom stereocenters. The lowest BCUT2D eigenvalue weighted by molar-refractivity contribution is 0.0754. The third-order valence-corrected chi connectivity index (χ3v) is 2.94. The Morgan fingerprint density at radius 2 is 2.19 bits per heavy atom. The fourth-order valence-electron chi connectivity index (χ4n) is 1.46. The Kier molecular flexibility index (Phi) is 5.42. The number of carbonyl (C=O) groups is 1. The van der Waals surface area contributed by atoms with Gasteiger partial charge in [-0.1, -0.05) is 0 Å². The molecule has 1 heterocycles. The van der Waals surface area contributed by atoms with E-state index in [2.05, 4.69) is 9.88 Å². The molecule has 1 aromatic heterocycles. The molecule has 1 amide bonds. The van der Waals surface area contributed by atoms with Crippen LogP contribution in [0.2, 0.25) is 0 Å². The highest BCUT2D eigenvalue weighted by Gasteiger charge is 2.15. The van der Waals surface area contributed by atoms with Crippen LogP contribution in [0.3, 0.4) is 0 Å². The van der Waals surface area contributed by atoms with Crippen molar-refractivity contribution in [2.75, 3.05) is 33.7 Å². The van der Waals surface area contributed by atoms with Gasteiger partial charge in [0.25, 0.3) is 5.91 Å². The third kappa shape index (κ3) is 3.90. The number of thiazole rings is 1. The van der Waals surface area contributed by atoms with Crippen LogP contribution in [0.5, 0.6) is 0 Å². The summed E-state index contributed by atoms with van der Waals surface area (Å²) in [6.45, 7) is 4.54. The van der Waals surface area contributed by atoms with E-state index in [4.69, 9.17) is 0 Å². The Hall–Kier alpha value is -0.940. The summed E-state index contributed by atoms with van der Waals surface area (Å²) >= 11 is 1.46. The van der Waals surface area contributed by atoms with Crippen molar-refractivity contribution in [1.29, 1.82) is 0 Å². The molecular weight excluding hydrogens is 222 g/mol. The fraction of sp³-hybridized carbons (Fsp3) is 0.636. The van der Waals surface area contributed by atoms with Crippen molar-refractivity contribution < 1.29 is 4.79 Å². The molecule has 0 N–H and O–H groups in total. The summed E-state index contributed by atoms with van der Waals surface area (Å²) in [5, 5.41) is 1.80. The monoisotopic (exact) mass is 241 g/mol. The van der Waals surface area contributed by atoms with Crippen molar-refractivity contribution in [2.45, 2.75) is 13.3 Å². The number of amides is 1. The smallest absolute Gasteiger partial charge is 0.273 e. The molecule has 0 radical (unpaired) electrons. The van der Waals surface area contributed by atoms with E-state index in [9.17, 15) is 4.79 Å². The predicted molar refractivity (Wildman–Crippen MR) is 66.9 cm³/mol. The Balaban J connectivity index is 2.45. The highest BCUT2D eigenvalue weighted by atomic mass is 32.1. The maximum atomic E-state index is 12.0. The zero-order valence-corrected chi connectivity index (χ0v) is 11.0. The van der Waals surface area contributed by atoms with Gasteiger partial charge >= 0.3 is 0 Å².